The van der Waals surface area contributed by atoms with Crippen LogP contribution >= 0.6 is 0 Å². The van der Waals surface area contributed by atoms with Gasteiger partial charge in [-0.3, -0.25) is 4.79 Å². The van der Waals surface area contributed by atoms with E-state index in [1.54, 1.807) is 0 Å². The molecular weight excluding hydrogens is 343 g/mol. The van der Waals surface area contributed by atoms with Crippen molar-refractivity contribution < 1.29 is 9.18 Å². The second-order valence-corrected chi connectivity index (χ2v) is 6.10. The molecule has 0 bridgehead atoms. The predicted molar refractivity (Wildman–Crippen MR) is 101 cm³/mol. The van der Waals surface area contributed by atoms with Crippen LogP contribution in [-0.2, 0) is 0 Å². The van der Waals surface area contributed by atoms with Gasteiger partial charge in [0.25, 0.3) is 5.91 Å². The summed E-state index contributed by atoms with van der Waals surface area (Å²) in [6.45, 7) is 4.06. The van der Waals surface area contributed by atoms with Gasteiger partial charge in [-0.1, -0.05) is 17.7 Å². The molecule has 2 aromatic carbocycles. The van der Waals surface area contributed by atoms with Crippen LogP contribution in [0.15, 0.2) is 59.8 Å². The van der Waals surface area contributed by atoms with Crippen molar-refractivity contribution in [3.63, 3.8) is 0 Å². The van der Waals surface area contributed by atoms with Crippen molar-refractivity contribution in [3.8, 4) is 11.8 Å². The highest BCUT2D eigenvalue weighted by atomic mass is 19.1. The largest absolute Gasteiger partial charge is 0.315 e. The number of aromatic nitrogens is 1. The number of amides is 1. The molecule has 1 amide bonds. The standard InChI is InChI=1S/C21H17FN4O/c1-14-5-8-20(15(2)10-14)26-9-3-4-17(26)13-24-25-21(27)18-7-6-16(12-23)11-19(18)22/h3-11,13H,1-2H3,(H,25,27)/b24-13+. The van der Waals surface area contributed by atoms with E-state index in [1.807, 2.05) is 54.9 Å². The molecule has 134 valence electrons. The smallest absolute Gasteiger partial charge is 0.274 e. The molecule has 0 fully saturated rings. The number of nitrogens with zero attached hydrogens (tertiary/aromatic N) is 3. The van der Waals surface area contributed by atoms with Crippen molar-refractivity contribution in [1.82, 2.24) is 9.99 Å². The Bertz CT molecular complexity index is 1080. The number of nitrogens with one attached hydrogen (secondary N) is 1. The highest BCUT2D eigenvalue weighted by Gasteiger charge is 2.11. The van der Waals surface area contributed by atoms with E-state index in [0.717, 1.165) is 23.0 Å². The third-order valence-corrected chi connectivity index (χ3v) is 4.10. The minimum atomic E-state index is -0.764. The lowest BCUT2D eigenvalue weighted by Gasteiger charge is -2.10. The molecule has 5 nitrogen and oxygen atoms in total. The molecule has 0 aliphatic carbocycles. The fraction of sp³-hybridized carbons (Fsp3) is 0.0952. The summed E-state index contributed by atoms with van der Waals surface area (Å²) < 4.78 is 15.8. The summed E-state index contributed by atoms with van der Waals surface area (Å²) in [4.78, 5) is 12.1. The zero-order chi connectivity index (χ0) is 19.4. The number of benzene rings is 2. The topological polar surface area (TPSA) is 70.2 Å². The van der Waals surface area contributed by atoms with Crippen LogP contribution in [0.2, 0.25) is 0 Å². The average Bonchev–Trinajstić information content (AvgIpc) is 3.09. The summed E-state index contributed by atoms with van der Waals surface area (Å²) >= 11 is 0. The first kappa shape index (κ1) is 18.1. The molecule has 0 radical (unpaired) electrons. The van der Waals surface area contributed by atoms with E-state index in [0.29, 0.717) is 0 Å². The Balaban J connectivity index is 1.77. The highest BCUT2D eigenvalue weighted by molar-refractivity contribution is 5.95. The van der Waals surface area contributed by atoms with E-state index in [2.05, 4.69) is 16.6 Å². The van der Waals surface area contributed by atoms with Gasteiger partial charge in [-0.25, -0.2) is 9.82 Å². The van der Waals surface area contributed by atoms with Gasteiger partial charge in [0.05, 0.1) is 29.1 Å². The summed E-state index contributed by atoms with van der Waals surface area (Å²) in [5, 5.41) is 12.7. The minimum Gasteiger partial charge on any atom is -0.315 e. The molecule has 3 aromatic rings. The normalized spacial score (nSPS) is 10.7. The van der Waals surface area contributed by atoms with Gasteiger partial charge in [-0.15, -0.1) is 0 Å². The van der Waals surface area contributed by atoms with E-state index < -0.39 is 11.7 Å². The number of hydrazone groups is 1. The molecule has 3 rings (SSSR count). The molecule has 0 aliphatic rings. The van der Waals surface area contributed by atoms with Gasteiger partial charge < -0.3 is 4.57 Å². The highest BCUT2D eigenvalue weighted by Crippen LogP contribution is 2.17. The summed E-state index contributed by atoms with van der Waals surface area (Å²) in [5.41, 5.74) is 6.36. The van der Waals surface area contributed by atoms with Gasteiger partial charge in [0, 0.05) is 11.9 Å². The molecule has 1 aromatic heterocycles. The number of hydrogen-bond acceptors (Lipinski definition) is 3. The van der Waals surface area contributed by atoms with Crippen LogP contribution < -0.4 is 5.43 Å². The summed E-state index contributed by atoms with van der Waals surface area (Å²) in [6, 6.07) is 15.4. The van der Waals surface area contributed by atoms with Gasteiger partial charge in [0.15, 0.2) is 0 Å². The maximum Gasteiger partial charge on any atom is 0.274 e. The Morgan fingerprint density at radius 3 is 2.74 bits per heavy atom. The second kappa shape index (κ2) is 7.67. The van der Waals surface area contributed by atoms with Crippen LogP contribution in [0.4, 0.5) is 4.39 Å². The zero-order valence-corrected chi connectivity index (χ0v) is 14.9. The zero-order valence-electron chi connectivity index (χ0n) is 14.9. The number of carbonyl (C=O) groups is 1. The van der Waals surface area contributed by atoms with Crippen molar-refractivity contribution in [2.45, 2.75) is 13.8 Å². The summed E-state index contributed by atoms with van der Waals surface area (Å²) in [6.07, 6.45) is 3.40. The Labute approximate surface area is 156 Å². The fourth-order valence-corrected chi connectivity index (χ4v) is 2.78. The first-order valence-corrected chi connectivity index (χ1v) is 8.27. The van der Waals surface area contributed by atoms with E-state index in [1.165, 1.54) is 23.9 Å². The number of nitriles is 1. The van der Waals surface area contributed by atoms with Crippen LogP contribution in [0.3, 0.4) is 0 Å². The SMILES string of the molecule is Cc1ccc(-n2cccc2/C=N/NC(=O)c2ccc(C#N)cc2F)c(C)c1. The van der Waals surface area contributed by atoms with Gasteiger partial charge in [-0.2, -0.15) is 10.4 Å². The van der Waals surface area contributed by atoms with Crippen molar-refractivity contribution in [2.75, 3.05) is 0 Å². The van der Waals surface area contributed by atoms with Crippen LogP contribution in [0.25, 0.3) is 5.69 Å². The molecular formula is C21H17FN4O. The van der Waals surface area contributed by atoms with Crippen molar-refractivity contribution in [1.29, 1.82) is 5.26 Å². The maximum absolute atomic E-state index is 13.9. The average molecular weight is 360 g/mol. The van der Waals surface area contributed by atoms with Crippen LogP contribution in [0.5, 0.6) is 0 Å². The minimum absolute atomic E-state index is 0.152. The number of aryl methyl sites for hydroxylation is 2. The first-order valence-electron chi connectivity index (χ1n) is 8.27. The van der Waals surface area contributed by atoms with E-state index in [9.17, 15) is 9.18 Å². The number of halogens is 1. The molecule has 27 heavy (non-hydrogen) atoms. The third-order valence-electron chi connectivity index (χ3n) is 4.10. The Kier molecular flexibility index (Phi) is 5.13. The Hall–Kier alpha value is -3.72. The van der Waals surface area contributed by atoms with E-state index in [4.69, 9.17) is 5.26 Å². The number of carbonyl (C=O) groups excluding carboxylic acids is 1. The lowest BCUT2D eigenvalue weighted by molar-refractivity contribution is 0.0951. The van der Waals surface area contributed by atoms with Gasteiger partial charge >= 0.3 is 0 Å². The Morgan fingerprint density at radius 1 is 1.22 bits per heavy atom. The van der Waals surface area contributed by atoms with Crippen molar-refractivity contribution in [3.05, 3.63) is 88.5 Å². The second-order valence-electron chi connectivity index (χ2n) is 6.10. The monoisotopic (exact) mass is 360 g/mol. The van der Waals surface area contributed by atoms with Crippen LogP contribution in [0, 0.1) is 31.0 Å². The summed E-state index contributed by atoms with van der Waals surface area (Å²) in [5.74, 6) is -1.45. The number of rotatable bonds is 4. The van der Waals surface area contributed by atoms with Crippen molar-refractivity contribution in [2.24, 2.45) is 5.10 Å². The molecule has 0 aliphatic heterocycles. The van der Waals surface area contributed by atoms with Gasteiger partial charge in [0.2, 0.25) is 0 Å². The molecule has 6 heteroatoms. The van der Waals surface area contributed by atoms with Crippen molar-refractivity contribution >= 4 is 12.1 Å². The van der Waals surface area contributed by atoms with E-state index >= 15 is 0 Å². The third kappa shape index (κ3) is 3.93. The van der Waals surface area contributed by atoms with E-state index in [-0.39, 0.29) is 11.1 Å². The van der Waals surface area contributed by atoms with Gasteiger partial charge in [-0.05, 0) is 55.8 Å². The predicted octanol–water partition coefficient (Wildman–Crippen LogP) is 3.87. The molecule has 1 N–H and O–H groups in total. The number of hydrogen-bond donors (Lipinski definition) is 1. The molecule has 0 atom stereocenters. The molecule has 1 heterocycles. The molecule has 0 saturated heterocycles. The first-order chi connectivity index (χ1) is 13.0. The summed E-state index contributed by atoms with van der Waals surface area (Å²) in [7, 11) is 0. The quantitative estimate of drug-likeness (QED) is 0.567. The molecule has 0 unspecified atom stereocenters. The van der Waals surface area contributed by atoms with Crippen LogP contribution in [0.1, 0.15) is 32.7 Å². The lowest BCUT2D eigenvalue weighted by Crippen LogP contribution is -2.19. The molecule has 0 spiro atoms. The Morgan fingerprint density at radius 2 is 2.04 bits per heavy atom. The lowest BCUT2D eigenvalue weighted by atomic mass is 10.1. The maximum atomic E-state index is 13.9. The fourth-order valence-electron chi connectivity index (χ4n) is 2.78. The molecule has 0 saturated carbocycles. The van der Waals surface area contributed by atoms with Crippen LogP contribution in [-0.4, -0.2) is 16.7 Å². The van der Waals surface area contributed by atoms with Gasteiger partial charge in [0.1, 0.15) is 5.82 Å².